The summed E-state index contributed by atoms with van der Waals surface area (Å²) in [5, 5.41) is 0. The maximum atomic E-state index is 11.4. The maximum absolute atomic E-state index is 11.4. The molecule has 0 aliphatic rings. The molecule has 0 radical (unpaired) electrons. The third-order valence-corrected chi connectivity index (χ3v) is 2.49. The van der Waals surface area contributed by atoms with Crippen LogP contribution in [-0.2, 0) is 4.79 Å². The summed E-state index contributed by atoms with van der Waals surface area (Å²) in [5.74, 6) is 0.209. The predicted molar refractivity (Wildman–Crippen MR) is 66.9 cm³/mol. The molecular formula is C14H24O. The largest absolute Gasteiger partial charge is 0.295 e. The van der Waals surface area contributed by atoms with Crippen LogP contribution in [0.25, 0.3) is 0 Å². The third-order valence-electron chi connectivity index (χ3n) is 2.49. The van der Waals surface area contributed by atoms with E-state index in [1.54, 1.807) is 6.92 Å². The van der Waals surface area contributed by atoms with Gasteiger partial charge in [-0.1, -0.05) is 39.3 Å². The highest BCUT2D eigenvalue weighted by atomic mass is 16.1. The molecule has 0 unspecified atom stereocenters. The molecule has 0 heterocycles. The standard InChI is InChI=1S/C14H24O/c1-6-8-9-13(12(3)15)11-14(4,5)10-7-2/h7,11H,2,6,8-10H2,1,3-5H3/b13-11+. The molecule has 0 aliphatic carbocycles. The molecule has 15 heavy (non-hydrogen) atoms. The number of allylic oxidation sites excluding steroid dienone is 3. The van der Waals surface area contributed by atoms with Gasteiger partial charge in [0.15, 0.2) is 5.78 Å². The number of hydrogen-bond acceptors (Lipinski definition) is 1. The minimum Gasteiger partial charge on any atom is -0.295 e. The molecule has 86 valence electrons. The molecule has 0 saturated carbocycles. The van der Waals surface area contributed by atoms with Gasteiger partial charge in [-0.3, -0.25) is 4.79 Å². The zero-order chi connectivity index (χ0) is 11.9. The van der Waals surface area contributed by atoms with Crippen molar-refractivity contribution in [3.63, 3.8) is 0 Å². The van der Waals surface area contributed by atoms with Crippen LogP contribution in [0.5, 0.6) is 0 Å². The average molecular weight is 208 g/mol. The molecule has 0 fully saturated rings. The smallest absolute Gasteiger partial charge is 0.155 e. The summed E-state index contributed by atoms with van der Waals surface area (Å²) in [6, 6.07) is 0. The van der Waals surface area contributed by atoms with Gasteiger partial charge in [0.05, 0.1) is 0 Å². The molecule has 1 nitrogen and oxygen atoms in total. The summed E-state index contributed by atoms with van der Waals surface area (Å²) in [4.78, 5) is 11.4. The van der Waals surface area contributed by atoms with E-state index >= 15 is 0 Å². The van der Waals surface area contributed by atoms with Crippen molar-refractivity contribution in [3.05, 3.63) is 24.3 Å². The van der Waals surface area contributed by atoms with Crippen LogP contribution in [0.15, 0.2) is 24.3 Å². The minimum absolute atomic E-state index is 0.0521. The number of ketones is 1. The van der Waals surface area contributed by atoms with Gasteiger partial charge < -0.3 is 0 Å². The van der Waals surface area contributed by atoms with Crippen molar-refractivity contribution in [2.75, 3.05) is 0 Å². The molecule has 0 aromatic rings. The molecule has 0 aromatic carbocycles. The molecular weight excluding hydrogens is 184 g/mol. The predicted octanol–water partition coefficient (Wildman–Crippen LogP) is 4.29. The normalized spacial score (nSPS) is 12.7. The number of carbonyl (C=O) groups is 1. The van der Waals surface area contributed by atoms with Gasteiger partial charge in [-0.15, -0.1) is 6.58 Å². The maximum Gasteiger partial charge on any atom is 0.155 e. The van der Waals surface area contributed by atoms with Crippen LogP contribution in [-0.4, -0.2) is 5.78 Å². The first-order valence-corrected chi connectivity index (χ1v) is 5.76. The number of Topliss-reactive ketones (excluding diaryl/α,β-unsaturated/α-hetero) is 1. The van der Waals surface area contributed by atoms with Crippen LogP contribution in [0, 0.1) is 5.41 Å². The highest BCUT2D eigenvalue weighted by molar-refractivity contribution is 5.93. The molecule has 0 aliphatic heterocycles. The third kappa shape index (κ3) is 6.27. The molecule has 0 N–H and O–H groups in total. The Balaban J connectivity index is 4.65. The van der Waals surface area contributed by atoms with Crippen molar-refractivity contribution >= 4 is 5.78 Å². The van der Waals surface area contributed by atoms with E-state index in [2.05, 4.69) is 33.4 Å². The van der Waals surface area contributed by atoms with Crippen molar-refractivity contribution in [2.45, 2.75) is 53.4 Å². The minimum atomic E-state index is 0.0521. The van der Waals surface area contributed by atoms with E-state index < -0.39 is 0 Å². The van der Waals surface area contributed by atoms with E-state index in [0.29, 0.717) is 0 Å². The van der Waals surface area contributed by atoms with Gasteiger partial charge in [0.2, 0.25) is 0 Å². The molecule has 0 rings (SSSR count). The molecule has 0 bridgehead atoms. The van der Waals surface area contributed by atoms with Crippen molar-refractivity contribution in [2.24, 2.45) is 5.41 Å². The first-order valence-electron chi connectivity index (χ1n) is 5.76. The summed E-state index contributed by atoms with van der Waals surface area (Å²) in [6.07, 6.45) is 8.07. The Labute approximate surface area is 94.3 Å². The highest BCUT2D eigenvalue weighted by Gasteiger charge is 2.15. The summed E-state index contributed by atoms with van der Waals surface area (Å²) in [7, 11) is 0. The van der Waals surface area contributed by atoms with Crippen LogP contribution >= 0.6 is 0 Å². The molecule has 1 heteroatoms. The second kappa shape index (κ2) is 6.60. The zero-order valence-electron chi connectivity index (χ0n) is 10.6. The Morgan fingerprint density at radius 2 is 2.00 bits per heavy atom. The lowest BCUT2D eigenvalue weighted by Crippen LogP contribution is -2.10. The number of unbranched alkanes of at least 4 members (excludes halogenated alkanes) is 1. The number of rotatable bonds is 7. The molecule has 0 saturated heterocycles. The van der Waals surface area contributed by atoms with E-state index in [0.717, 1.165) is 31.3 Å². The lowest BCUT2D eigenvalue weighted by atomic mass is 9.85. The highest BCUT2D eigenvalue weighted by Crippen LogP contribution is 2.26. The van der Waals surface area contributed by atoms with Gasteiger partial charge >= 0.3 is 0 Å². The van der Waals surface area contributed by atoms with Crippen molar-refractivity contribution in [3.8, 4) is 0 Å². The van der Waals surface area contributed by atoms with Gasteiger partial charge in [0.1, 0.15) is 0 Å². The average Bonchev–Trinajstić information content (AvgIpc) is 2.11. The first kappa shape index (κ1) is 14.2. The first-order chi connectivity index (χ1) is 6.93. The van der Waals surface area contributed by atoms with Crippen LogP contribution in [0.2, 0.25) is 0 Å². The van der Waals surface area contributed by atoms with Crippen molar-refractivity contribution in [1.29, 1.82) is 0 Å². The topological polar surface area (TPSA) is 17.1 Å². The van der Waals surface area contributed by atoms with Gasteiger partial charge in [-0.05, 0) is 37.2 Å². The molecule has 0 spiro atoms. The second-order valence-corrected chi connectivity index (χ2v) is 4.81. The Hall–Kier alpha value is -0.850. The number of carbonyl (C=O) groups excluding carboxylic acids is 1. The molecule has 0 atom stereocenters. The Bertz CT molecular complexity index is 246. The van der Waals surface area contributed by atoms with Crippen molar-refractivity contribution < 1.29 is 4.79 Å². The van der Waals surface area contributed by atoms with E-state index in [1.165, 1.54) is 0 Å². The lowest BCUT2D eigenvalue weighted by molar-refractivity contribution is -0.113. The number of hydrogen-bond donors (Lipinski definition) is 0. The van der Waals surface area contributed by atoms with E-state index in [-0.39, 0.29) is 11.2 Å². The summed E-state index contributed by atoms with van der Waals surface area (Å²) < 4.78 is 0. The van der Waals surface area contributed by atoms with Crippen molar-refractivity contribution in [1.82, 2.24) is 0 Å². The summed E-state index contributed by atoms with van der Waals surface area (Å²) in [5.41, 5.74) is 1.03. The molecule has 0 amide bonds. The van der Waals surface area contributed by atoms with Gasteiger partial charge in [-0.25, -0.2) is 0 Å². The van der Waals surface area contributed by atoms with Gasteiger partial charge in [-0.2, -0.15) is 0 Å². The summed E-state index contributed by atoms with van der Waals surface area (Å²) >= 11 is 0. The fourth-order valence-corrected chi connectivity index (χ4v) is 1.62. The quantitative estimate of drug-likeness (QED) is 0.450. The van der Waals surface area contributed by atoms with Crippen LogP contribution in [0.3, 0.4) is 0 Å². The SMILES string of the molecule is C=CCC(C)(C)/C=C(\CCCC)C(C)=O. The van der Waals surface area contributed by atoms with Gasteiger partial charge in [0, 0.05) is 0 Å². The van der Waals surface area contributed by atoms with Crippen LogP contribution in [0.4, 0.5) is 0 Å². The summed E-state index contributed by atoms with van der Waals surface area (Å²) in [6.45, 7) is 11.8. The lowest BCUT2D eigenvalue weighted by Gasteiger charge is -2.19. The fraction of sp³-hybridized carbons (Fsp3) is 0.643. The van der Waals surface area contributed by atoms with Gasteiger partial charge in [0.25, 0.3) is 0 Å². The van der Waals surface area contributed by atoms with Crippen LogP contribution in [0.1, 0.15) is 53.4 Å². The fourth-order valence-electron chi connectivity index (χ4n) is 1.62. The Morgan fingerprint density at radius 3 is 2.40 bits per heavy atom. The Morgan fingerprint density at radius 1 is 1.40 bits per heavy atom. The Kier molecular flexibility index (Phi) is 6.23. The van der Waals surface area contributed by atoms with E-state index in [4.69, 9.17) is 0 Å². The second-order valence-electron chi connectivity index (χ2n) is 4.81. The monoisotopic (exact) mass is 208 g/mol. The van der Waals surface area contributed by atoms with E-state index in [1.807, 2.05) is 6.08 Å². The van der Waals surface area contributed by atoms with E-state index in [9.17, 15) is 4.79 Å². The zero-order valence-corrected chi connectivity index (χ0v) is 10.6. The molecule has 0 aromatic heterocycles. The van der Waals surface area contributed by atoms with Crippen LogP contribution < -0.4 is 0 Å².